The third kappa shape index (κ3) is 4.59. The van der Waals surface area contributed by atoms with Crippen molar-refractivity contribution in [2.75, 3.05) is 5.32 Å². The molecule has 0 aliphatic heterocycles. The molecule has 0 saturated carbocycles. The van der Waals surface area contributed by atoms with Crippen LogP contribution in [0.1, 0.15) is 27.3 Å². The number of rotatable bonds is 5. The number of nitrogens with one attached hydrogen (secondary N) is 1. The first-order valence-electron chi connectivity index (χ1n) is 9.80. The number of halogens is 1. The number of anilines is 1. The smallest absolute Gasteiger partial charge is 0.255 e. The Bertz CT molecular complexity index is 1310. The highest BCUT2D eigenvalue weighted by atomic mass is 35.5. The fourth-order valence-corrected chi connectivity index (χ4v) is 3.58. The molecule has 0 aliphatic rings. The number of pyridine rings is 1. The van der Waals surface area contributed by atoms with Gasteiger partial charge in [0.1, 0.15) is 0 Å². The van der Waals surface area contributed by atoms with Crippen molar-refractivity contribution in [3.05, 3.63) is 111 Å². The Hall–Kier alpha value is -3.64. The van der Waals surface area contributed by atoms with Gasteiger partial charge in [-0.25, -0.2) is 4.68 Å². The third-order valence-electron chi connectivity index (χ3n) is 4.92. The van der Waals surface area contributed by atoms with Crippen LogP contribution in [0.25, 0.3) is 5.69 Å². The van der Waals surface area contributed by atoms with Gasteiger partial charge in [-0.2, -0.15) is 5.10 Å². The molecule has 156 valence electrons. The normalized spacial score (nSPS) is 10.8. The molecule has 2 aromatic carbocycles. The first-order valence-corrected chi connectivity index (χ1v) is 10.2. The molecule has 7 heteroatoms. The van der Waals surface area contributed by atoms with Crippen molar-refractivity contribution >= 4 is 23.2 Å². The van der Waals surface area contributed by atoms with E-state index in [9.17, 15) is 9.59 Å². The number of nitrogens with zero attached hydrogens (tertiary/aromatic N) is 3. The molecular formula is C24H21ClN4O2. The monoisotopic (exact) mass is 432 g/mol. The van der Waals surface area contributed by atoms with E-state index in [2.05, 4.69) is 10.4 Å². The number of carbonyl (C=O) groups is 1. The van der Waals surface area contributed by atoms with Crippen molar-refractivity contribution < 1.29 is 4.79 Å². The second-order valence-electron chi connectivity index (χ2n) is 7.32. The van der Waals surface area contributed by atoms with Crippen LogP contribution in [0.4, 0.5) is 5.69 Å². The molecule has 0 saturated heterocycles. The van der Waals surface area contributed by atoms with Crippen LogP contribution in [0, 0.1) is 13.8 Å². The van der Waals surface area contributed by atoms with Crippen molar-refractivity contribution in [1.82, 2.24) is 14.3 Å². The lowest BCUT2D eigenvalue weighted by Gasteiger charge is -2.11. The van der Waals surface area contributed by atoms with Crippen LogP contribution in [0.15, 0.2) is 77.7 Å². The van der Waals surface area contributed by atoms with E-state index in [4.69, 9.17) is 11.6 Å². The van der Waals surface area contributed by atoms with Gasteiger partial charge in [0.2, 0.25) is 0 Å². The molecule has 4 rings (SSSR count). The molecule has 0 aliphatic carbocycles. The Morgan fingerprint density at radius 2 is 1.77 bits per heavy atom. The van der Waals surface area contributed by atoms with Gasteiger partial charge < -0.3 is 9.88 Å². The summed E-state index contributed by atoms with van der Waals surface area (Å²) in [5.41, 5.74) is 4.53. The lowest BCUT2D eigenvalue weighted by atomic mass is 10.2. The van der Waals surface area contributed by atoms with Crippen molar-refractivity contribution in [1.29, 1.82) is 0 Å². The highest BCUT2D eigenvalue weighted by Gasteiger charge is 2.10. The average Bonchev–Trinajstić information content (AvgIpc) is 3.10. The van der Waals surface area contributed by atoms with Crippen LogP contribution in [0.2, 0.25) is 5.02 Å². The maximum atomic E-state index is 12.7. The quantitative estimate of drug-likeness (QED) is 0.501. The Labute approximate surface area is 184 Å². The SMILES string of the molecule is Cc1cc(C)n(-c2ccc(C(=O)Nc3ccc(=O)n(Cc4ccccc4Cl)c3)cc2)n1. The van der Waals surface area contributed by atoms with Gasteiger partial charge in [-0.05, 0) is 61.9 Å². The molecule has 4 aromatic rings. The van der Waals surface area contributed by atoms with Gasteiger partial charge in [-0.1, -0.05) is 29.8 Å². The summed E-state index contributed by atoms with van der Waals surface area (Å²) in [5, 5.41) is 7.89. The predicted octanol–water partition coefficient (Wildman–Crippen LogP) is 4.60. The third-order valence-corrected chi connectivity index (χ3v) is 5.29. The van der Waals surface area contributed by atoms with Gasteiger partial charge in [-0.3, -0.25) is 9.59 Å². The van der Waals surface area contributed by atoms with Crippen molar-refractivity contribution in [3.63, 3.8) is 0 Å². The number of benzene rings is 2. The van der Waals surface area contributed by atoms with E-state index in [0.717, 1.165) is 22.6 Å². The topological polar surface area (TPSA) is 68.9 Å². The largest absolute Gasteiger partial charge is 0.321 e. The Morgan fingerprint density at radius 3 is 2.45 bits per heavy atom. The zero-order valence-electron chi connectivity index (χ0n) is 17.2. The minimum atomic E-state index is -0.261. The maximum Gasteiger partial charge on any atom is 0.255 e. The fourth-order valence-electron chi connectivity index (χ4n) is 3.39. The highest BCUT2D eigenvalue weighted by molar-refractivity contribution is 6.31. The molecule has 1 amide bonds. The minimum absolute atomic E-state index is 0.174. The summed E-state index contributed by atoms with van der Waals surface area (Å²) < 4.78 is 3.35. The predicted molar refractivity (Wildman–Crippen MR) is 122 cm³/mol. The summed E-state index contributed by atoms with van der Waals surface area (Å²) in [5.74, 6) is -0.261. The van der Waals surface area contributed by atoms with E-state index < -0.39 is 0 Å². The van der Waals surface area contributed by atoms with Gasteiger partial charge in [0.15, 0.2) is 0 Å². The zero-order valence-corrected chi connectivity index (χ0v) is 17.9. The molecule has 0 unspecified atom stereocenters. The van der Waals surface area contributed by atoms with E-state index in [1.165, 1.54) is 10.6 Å². The fraction of sp³-hybridized carbons (Fsp3) is 0.125. The van der Waals surface area contributed by atoms with Crippen LogP contribution in [0.3, 0.4) is 0 Å². The number of aromatic nitrogens is 3. The average molecular weight is 433 g/mol. The second kappa shape index (κ2) is 8.62. The zero-order chi connectivity index (χ0) is 22.0. The summed E-state index contributed by atoms with van der Waals surface area (Å²) in [6.07, 6.45) is 1.62. The van der Waals surface area contributed by atoms with Crippen LogP contribution < -0.4 is 10.9 Å². The van der Waals surface area contributed by atoms with Gasteiger partial charge >= 0.3 is 0 Å². The molecule has 1 N–H and O–H groups in total. The molecule has 0 fully saturated rings. The number of aryl methyl sites for hydroxylation is 2. The molecule has 0 atom stereocenters. The molecule has 2 aromatic heterocycles. The van der Waals surface area contributed by atoms with E-state index in [-0.39, 0.29) is 11.5 Å². The van der Waals surface area contributed by atoms with Gasteiger partial charge in [0, 0.05) is 28.5 Å². The van der Waals surface area contributed by atoms with Gasteiger partial charge in [-0.15, -0.1) is 0 Å². The second-order valence-corrected chi connectivity index (χ2v) is 7.72. The highest BCUT2D eigenvalue weighted by Crippen LogP contribution is 2.17. The van der Waals surface area contributed by atoms with E-state index in [0.29, 0.717) is 22.8 Å². The van der Waals surface area contributed by atoms with E-state index >= 15 is 0 Å². The molecule has 0 bridgehead atoms. The molecule has 6 nitrogen and oxygen atoms in total. The summed E-state index contributed by atoms with van der Waals surface area (Å²) in [4.78, 5) is 24.9. The van der Waals surface area contributed by atoms with Crippen molar-refractivity contribution in [2.45, 2.75) is 20.4 Å². The summed E-state index contributed by atoms with van der Waals surface area (Å²) in [7, 11) is 0. The number of hydrogen-bond donors (Lipinski definition) is 1. The van der Waals surface area contributed by atoms with Crippen LogP contribution in [0.5, 0.6) is 0 Å². The first kappa shape index (κ1) is 20.6. The molecule has 31 heavy (non-hydrogen) atoms. The Morgan fingerprint density at radius 1 is 1.03 bits per heavy atom. The van der Waals surface area contributed by atoms with Crippen LogP contribution in [-0.2, 0) is 6.54 Å². The van der Waals surface area contributed by atoms with Crippen LogP contribution in [-0.4, -0.2) is 20.3 Å². The van der Waals surface area contributed by atoms with E-state index in [1.54, 1.807) is 30.5 Å². The van der Waals surface area contributed by atoms with Crippen molar-refractivity contribution in [2.24, 2.45) is 0 Å². The summed E-state index contributed by atoms with van der Waals surface area (Å²) in [6.45, 7) is 4.24. The number of amides is 1. The van der Waals surface area contributed by atoms with Gasteiger partial charge in [0.25, 0.3) is 11.5 Å². The minimum Gasteiger partial charge on any atom is -0.321 e. The van der Waals surface area contributed by atoms with Crippen LogP contribution >= 0.6 is 11.6 Å². The number of hydrogen-bond acceptors (Lipinski definition) is 3. The Balaban J connectivity index is 1.51. The molecule has 0 radical (unpaired) electrons. The number of carbonyl (C=O) groups excluding carboxylic acids is 1. The first-order chi connectivity index (χ1) is 14.9. The van der Waals surface area contributed by atoms with Crippen molar-refractivity contribution in [3.8, 4) is 5.69 Å². The Kier molecular flexibility index (Phi) is 5.73. The molecular weight excluding hydrogens is 412 g/mol. The molecule has 0 spiro atoms. The van der Waals surface area contributed by atoms with Gasteiger partial charge in [0.05, 0.1) is 23.6 Å². The maximum absolute atomic E-state index is 12.7. The van der Waals surface area contributed by atoms with E-state index in [1.807, 2.05) is 54.9 Å². The summed E-state index contributed by atoms with van der Waals surface area (Å²) >= 11 is 6.21. The summed E-state index contributed by atoms with van der Waals surface area (Å²) in [6, 6.07) is 19.6. The lowest BCUT2D eigenvalue weighted by molar-refractivity contribution is 0.102. The molecule has 2 heterocycles. The standard InChI is InChI=1S/C24H21ClN4O2/c1-16-13-17(2)29(27-16)21-10-7-18(8-11-21)24(31)26-20-9-12-23(30)28(15-20)14-19-5-3-4-6-22(19)25/h3-13,15H,14H2,1-2H3,(H,26,31). The lowest BCUT2D eigenvalue weighted by Crippen LogP contribution is -2.21.